The zero-order valence-corrected chi connectivity index (χ0v) is 11.8. The zero-order chi connectivity index (χ0) is 13.4. The van der Waals surface area contributed by atoms with Crippen LogP contribution in [0.4, 0.5) is 0 Å². The molecule has 0 aromatic heterocycles. The maximum atomic E-state index is 11.6. The van der Waals surface area contributed by atoms with Gasteiger partial charge in [0.05, 0.1) is 12.6 Å². The Morgan fingerprint density at radius 3 is 2.89 bits per heavy atom. The van der Waals surface area contributed by atoms with Crippen LogP contribution in [-0.2, 0) is 9.53 Å². The van der Waals surface area contributed by atoms with E-state index in [1.54, 1.807) is 0 Å². The summed E-state index contributed by atoms with van der Waals surface area (Å²) in [5.74, 6) is 0.0627. The van der Waals surface area contributed by atoms with Crippen LogP contribution in [0.1, 0.15) is 33.6 Å². The Morgan fingerprint density at radius 1 is 1.50 bits per heavy atom. The average molecular weight is 257 g/mol. The summed E-state index contributed by atoms with van der Waals surface area (Å²) in [5.41, 5.74) is 0.0676. The van der Waals surface area contributed by atoms with Gasteiger partial charge < -0.3 is 20.7 Å². The molecule has 5 heteroatoms. The second-order valence-corrected chi connectivity index (χ2v) is 5.46. The van der Waals surface area contributed by atoms with Gasteiger partial charge in [0, 0.05) is 25.2 Å². The van der Waals surface area contributed by atoms with E-state index in [4.69, 9.17) is 4.74 Å². The molecular formula is C13H27N3O2. The molecule has 1 aliphatic heterocycles. The fourth-order valence-corrected chi connectivity index (χ4v) is 1.94. The molecule has 0 aromatic rings. The lowest BCUT2D eigenvalue weighted by atomic mass is 10.0. The molecule has 0 spiro atoms. The predicted molar refractivity (Wildman–Crippen MR) is 72.6 cm³/mol. The molecule has 1 fully saturated rings. The first-order chi connectivity index (χ1) is 8.52. The summed E-state index contributed by atoms with van der Waals surface area (Å²) in [5, 5.41) is 9.50. The van der Waals surface area contributed by atoms with Crippen molar-refractivity contribution in [2.24, 2.45) is 0 Å². The smallest absolute Gasteiger partial charge is 0.233 e. The maximum Gasteiger partial charge on any atom is 0.233 e. The van der Waals surface area contributed by atoms with Gasteiger partial charge in [-0.05, 0) is 40.2 Å². The SMILES string of the molecule is CC(C)OCCCNC(=O)CNC1(C)CCNC1. The number of carbonyl (C=O) groups excluding carboxylic acids is 1. The van der Waals surface area contributed by atoms with E-state index >= 15 is 0 Å². The van der Waals surface area contributed by atoms with E-state index in [1.807, 2.05) is 13.8 Å². The third kappa shape index (κ3) is 6.33. The summed E-state index contributed by atoms with van der Waals surface area (Å²) in [4.78, 5) is 11.6. The quantitative estimate of drug-likeness (QED) is 0.546. The molecule has 1 unspecified atom stereocenters. The van der Waals surface area contributed by atoms with Gasteiger partial charge in [-0.1, -0.05) is 0 Å². The van der Waals surface area contributed by atoms with Crippen LogP contribution >= 0.6 is 0 Å². The van der Waals surface area contributed by atoms with Gasteiger partial charge >= 0.3 is 0 Å². The van der Waals surface area contributed by atoms with Crippen molar-refractivity contribution < 1.29 is 9.53 Å². The molecule has 0 bridgehead atoms. The summed E-state index contributed by atoms with van der Waals surface area (Å²) in [6, 6.07) is 0. The van der Waals surface area contributed by atoms with E-state index in [0.717, 1.165) is 25.9 Å². The molecule has 1 amide bonds. The minimum atomic E-state index is 0.0627. The summed E-state index contributed by atoms with van der Waals surface area (Å²) in [6.07, 6.45) is 2.20. The number of ether oxygens (including phenoxy) is 1. The number of hydrogen-bond acceptors (Lipinski definition) is 4. The Kier molecular flexibility index (Phi) is 6.60. The van der Waals surface area contributed by atoms with Gasteiger partial charge in [0.15, 0.2) is 0 Å². The van der Waals surface area contributed by atoms with Crippen molar-refractivity contribution >= 4 is 5.91 Å². The third-order valence-corrected chi connectivity index (χ3v) is 3.14. The highest BCUT2D eigenvalue weighted by Gasteiger charge is 2.27. The van der Waals surface area contributed by atoms with E-state index < -0.39 is 0 Å². The van der Waals surface area contributed by atoms with Gasteiger partial charge in [-0.3, -0.25) is 4.79 Å². The highest BCUT2D eigenvalue weighted by atomic mass is 16.5. The second-order valence-electron chi connectivity index (χ2n) is 5.46. The van der Waals surface area contributed by atoms with Crippen molar-refractivity contribution in [1.82, 2.24) is 16.0 Å². The number of rotatable bonds is 8. The molecule has 3 N–H and O–H groups in total. The lowest BCUT2D eigenvalue weighted by molar-refractivity contribution is -0.120. The molecule has 1 rings (SSSR count). The minimum absolute atomic E-state index is 0.0627. The first kappa shape index (κ1) is 15.4. The van der Waals surface area contributed by atoms with Crippen LogP contribution in [0.25, 0.3) is 0 Å². The minimum Gasteiger partial charge on any atom is -0.379 e. The molecular weight excluding hydrogens is 230 g/mol. The second kappa shape index (κ2) is 7.71. The topological polar surface area (TPSA) is 62.4 Å². The van der Waals surface area contributed by atoms with Crippen LogP contribution in [0.2, 0.25) is 0 Å². The van der Waals surface area contributed by atoms with E-state index in [9.17, 15) is 4.79 Å². The van der Waals surface area contributed by atoms with Gasteiger partial charge in [0.1, 0.15) is 0 Å². The molecule has 0 radical (unpaired) electrons. The van der Waals surface area contributed by atoms with E-state index in [1.165, 1.54) is 0 Å². The van der Waals surface area contributed by atoms with E-state index in [2.05, 4.69) is 22.9 Å². The zero-order valence-electron chi connectivity index (χ0n) is 11.8. The van der Waals surface area contributed by atoms with E-state index in [-0.39, 0.29) is 17.6 Å². The van der Waals surface area contributed by atoms with Crippen molar-refractivity contribution in [2.45, 2.75) is 45.3 Å². The Morgan fingerprint density at radius 2 is 2.28 bits per heavy atom. The van der Waals surface area contributed by atoms with Crippen LogP contribution in [-0.4, -0.2) is 50.3 Å². The molecule has 5 nitrogen and oxygen atoms in total. The van der Waals surface area contributed by atoms with Crippen molar-refractivity contribution in [2.75, 3.05) is 32.8 Å². The van der Waals surface area contributed by atoms with Crippen molar-refractivity contribution in [1.29, 1.82) is 0 Å². The van der Waals surface area contributed by atoms with Crippen molar-refractivity contribution in [3.8, 4) is 0 Å². The predicted octanol–water partition coefficient (Wildman–Crippen LogP) is 0.259. The Hall–Kier alpha value is -0.650. The van der Waals surface area contributed by atoms with Gasteiger partial charge in [-0.2, -0.15) is 0 Å². The number of carbonyl (C=O) groups is 1. The normalized spacial score (nSPS) is 23.6. The molecule has 1 saturated heterocycles. The molecule has 0 aliphatic carbocycles. The average Bonchev–Trinajstić information content (AvgIpc) is 2.73. The van der Waals surface area contributed by atoms with Gasteiger partial charge in [-0.25, -0.2) is 0 Å². The molecule has 0 saturated carbocycles. The highest BCUT2D eigenvalue weighted by molar-refractivity contribution is 5.78. The first-order valence-corrected chi connectivity index (χ1v) is 6.86. The molecule has 0 aromatic carbocycles. The van der Waals surface area contributed by atoms with Crippen LogP contribution in [0.5, 0.6) is 0 Å². The van der Waals surface area contributed by atoms with E-state index in [0.29, 0.717) is 19.7 Å². The van der Waals surface area contributed by atoms with Crippen LogP contribution in [0.3, 0.4) is 0 Å². The third-order valence-electron chi connectivity index (χ3n) is 3.14. The summed E-state index contributed by atoms with van der Waals surface area (Å²) < 4.78 is 5.41. The van der Waals surface area contributed by atoms with Gasteiger partial charge in [0.25, 0.3) is 0 Å². The maximum absolute atomic E-state index is 11.6. The lowest BCUT2D eigenvalue weighted by Gasteiger charge is -2.24. The van der Waals surface area contributed by atoms with Crippen molar-refractivity contribution in [3.63, 3.8) is 0 Å². The standard InChI is InChI=1S/C13H27N3O2/c1-11(2)18-8-4-6-15-12(17)9-16-13(3)5-7-14-10-13/h11,14,16H,4-10H2,1-3H3,(H,15,17). The summed E-state index contributed by atoms with van der Waals surface area (Å²) >= 11 is 0. The number of hydrogen-bond donors (Lipinski definition) is 3. The van der Waals surface area contributed by atoms with Gasteiger partial charge in [-0.15, -0.1) is 0 Å². The lowest BCUT2D eigenvalue weighted by Crippen LogP contribution is -2.48. The summed E-state index contributed by atoms with van der Waals surface area (Å²) in [6.45, 7) is 9.91. The number of nitrogens with one attached hydrogen (secondary N) is 3. The molecule has 1 atom stereocenters. The Balaban J connectivity index is 2.00. The Labute approximate surface area is 110 Å². The Bertz CT molecular complexity index is 251. The first-order valence-electron chi connectivity index (χ1n) is 6.86. The fraction of sp³-hybridized carbons (Fsp3) is 0.923. The van der Waals surface area contributed by atoms with Crippen LogP contribution in [0, 0.1) is 0 Å². The van der Waals surface area contributed by atoms with Crippen LogP contribution in [0.15, 0.2) is 0 Å². The summed E-state index contributed by atoms with van der Waals surface area (Å²) in [7, 11) is 0. The molecule has 106 valence electrons. The largest absolute Gasteiger partial charge is 0.379 e. The van der Waals surface area contributed by atoms with Gasteiger partial charge in [0.2, 0.25) is 5.91 Å². The van der Waals surface area contributed by atoms with Crippen LogP contribution < -0.4 is 16.0 Å². The monoisotopic (exact) mass is 257 g/mol. The number of amides is 1. The molecule has 18 heavy (non-hydrogen) atoms. The molecule has 1 aliphatic rings. The van der Waals surface area contributed by atoms with Crippen molar-refractivity contribution in [3.05, 3.63) is 0 Å². The highest BCUT2D eigenvalue weighted by Crippen LogP contribution is 2.12. The molecule has 1 heterocycles. The fourth-order valence-electron chi connectivity index (χ4n) is 1.94.